The Hall–Kier alpha value is -3.77. The van der Waals surface area contributed by atoms with Crippen LogP contribution in [0.4, 0.5) is 4.39 Å². The predicted octanol–water partition coefficient (Wildman–Crippen LogP) is 5.60. The number of hydrogen-bond donors (Lipinski definition) is 3. The van der Waals surface area contributed by atoms with E-state index in [4.69, 9.17) is 0 Å². The van der Waals surface area contributed by atoms with E-state index < -0.39 is 0 Å². The van der Waals surface area contributed by atoms with Gasteiger partial charge in [-0.1, -0.05) is 24.3 Å². The summed E-state index contributed by atoms with van der Waals surface area (Å²) in [6.07, 6.45) is 5.02. The smallest absolute Gasteiger partial charge is 0.124 e. The molecule has 6 heteroatoms. The quantitative estimate of drug-likeness (QED) is 0.354. The minimum atomic E-state index is -0.224. The lowest BCUT2D eigenvalue weighted by atomic mass is 9.99. The van der Waals surface area contributed by atoms with Gasteiger partial charge in [0, 0.05) is 22.8 Å². The second kappa shape index (κ2) is 7.43. The first-order valence-corrected chi connectivity index (χ1v) is 10.8. The van der Waals surface area contributed by atoms with Crippen LogP contribution < -0.4 is 5.32 Å². The van der Waals surface area contributed by atoms with Gasteiger partial charge in [0.25, 0.3) is 0 Å². The highest BCUT2D eigenvalue weighted by atomic mass is 19.1. The maximum Gasteiger partial charge on any atom is 0.124 e. The highest BCUT2D eigenvalue weighted by Crippen LogP contribution is 2.35. The van der Waals surface area contributed by atoms with E-state index >= 15 is 0 Å². The lowest BCUT2D eigenvalue weighted by Gasteiger charge is -2.13. The SMILES string of the molecule is Cc1cc(F)cc(-c2cccc3[nH]c(-c4n[nH]c5cnc(C6=CCNCC6)cc45)cc23)c1. The van der Waals surface area contributed by atoms with Crippen molar-refractivity contribution in [2.24, 2.45) is 0 Å². The van der Waals surface area contributed by atoms with Crippen molar-refractivity contribution in [3.63, 3.8) is 0 Å². The number of aryl methyl sites for hydroxylation is 1. The number of benzene rings is 2. The summed E-state index contributed by atoms with van der Waals surface area (Å²) in [6.45, 7) is 3.75. The summed E-state index contributed by atoms with van der Waals surface area (Å²) >= 11 is 0. The van der Waals surface area contributed by atoms with Crippen LogP contribution in [0.1, 0.15) is 17.7 Å². The third-order valence-electron chi connectivity index (χ3n) is 6.11. The van der Waals surface area contributed by atoms with Gasteiger partial charge in [-0.25, -0.2) is 4.39 Å². The number of aromatic nitrogens is 4. The lowest BCUT2D eigenvalue weighted by Crippen LogP contribution is -2.20. The van der Waals surface area contributed by atoms with Crippen LogP contribution in [0.3, 0.4) is 0 Å². The van der Waals surface area contributed by atoms with Gasteiger partial charge in [-0.2, -0.15) is 5.10 Å². The molecule has 2 aromatic carbocycles. The summed E-state index contributed by atoms with van der Waals surface area (Å²) in [5, 5.41) is 13.1. The van der Waals surface area contributed by atoms with Crippen LogP contribution in [0.2, 0.25) is 0 Å². The first-order chi connectivity index (χ1) is 15.7. The van der Waals surface area contributed by atoms with E-state index in [1.807, 2.05) is 37.4 Å². The largest absolute Gasteiger partial charge is 0.353 e. The standard InChI is InChI=1S/C26H22FN5/c1-15-9-17(11-18(27)10-15)19-3-2-4-22-20(19)12-24(30-22)26-21-13-23(16-5-7-28-8-6-16)29-14-25(21)31-32-26/h2-5,9-14,28,30H,6-8H2,1H3,(H,31,32). The normalized spacial score (nSPS) is 14.2. The van der Waals surface area contributed by atoms with Crippen LogP contribution in [-0.4, -0.2) is 33.3 Å². The summed E-state index contributed by atoms with van der Waals surface area (Å²) < 4.78 is 14.1. The molecule has 6 rings (SSSR count). The summed E-state index contributed by atoms with van der Waals surface area (Å²) in [5.41, 5.74) is 8.69. The Morgan fingerprint density at radius 2 is 1.94 bits per heavy atom. The first kappa shape index (κ1) is 19.0. The predicted molar refractivity (Wildman–Crippen MR) is 127 cm³/mol. The maximum absolute atomic E-state index is 14.1. The van der Waals surface area contributed by atoms with E-state index in [1.165, 1.54) is 5.57 Å². The van der Waals surface area contributed by atoms with Crippen molar-refractivity contribution in [3.05, 3.63) is 77.9 Å². The Morgan fingerprint density at radius 3 is 2.78 bits per heavy atom. The number of hydrogen-bond acceptors (Lipinski definition) is 3. The van der Waals surface area contributed by atoms with E-state index in [0.29, 0.717) is 0 Å². The fourth-order valence-electron chi connectivity index (χ4n) is 4.58. The molecule has 0 atom stereocenters. The minimum Gasteiger partial charge on any atom is -0.353 e. The molecule has 0 bridgehead atoms. The zero-order valence-electron chi connectivity index (χ0n) is 17.7. The van der Waals surface area contributed by atoms with Crippen LogP contribution >= 0.6 is 0 Å². The molecular formula is C26H22FN5. The van der Waals surface area contributed by atoms with Gasteiger partial charge in [-0.3, -0.25) is 10.1 Å². The Bertz CT molecular complexity index is 1490. The highest BCUT2D eigenvalue weighted by molar-refractivity contribution is 6.01. The summed E-state index contributed by atoms with van der Waals surface area (Å²) in [6, 6.07) is 15.4. The fourth-order valence-corrected chi connectivity index (χ4v) is 4.58. The second-order valence-electron chi connectivity index (χ2n) is 8.34. The summed E-state index contributed by atoms with van der Waals surface area (Å²) in [5.74, 6) is -0.224. The zero-order chi connectivity index (χ0) is 21.7. The number of H-pyrrole nitrogens is 2. The van der Waals surface area contributed by atoms with E-state index in [9.17, 15) is 4.39 Å². The number of rotatable bonds is 3. The first-order valence-electron chi connectivity index (χ1n) is 10.8. The van der Waals surface area contributed by atoms with E-state index in [2.05, 4.69) is 43.7 Å². The fraction of sp³-hybridized carbons (Fsp3) is 0.154. The van der Waals surface area contributed by atoms with Gasteiger partial charge in [0.2, 0.25) is 0 Å². The molecule has 0 spiro atoms. The van der Waals surface area contributed by atoms with Crippen LogP contribution in [0.15, 0.2) is 60.8 Å². The Morgan fingerprint density at radius 1 is 1.00 bits per heavy atom. The molecule has 0 fully saturated rings. The van der Waals surface area contributed by atoms with Gasteiger partial charge >= 0.3 is 0 Å². The number of fused-ring (bicyclic) bond motifs is 2. The van der Waals surface area contributed by atoms with Crippen LogP contribution in [-0.2, 0) is 0 Å². The van der Waals surface area contributed by atoms with Gasteiger partial charge in [-0.15, -0.1) is 0 Å². The Balaban J connectivity index is 1.49. The van der Waals surface area contributed by atoms with Crippen LogP contribution in [0, 0.1) is 12.7 Å². The summed E-state index contributed by atoms with van der Waals surface area (Å²) in [7, 11) is 0. The van der Waals surface area contributed by atoms with Crippen molar-refractivity contribution in [1.82, 2.24) is 25.5 Å². The molecule has 0 saturated heterocycles. The molecule has 3 aromatic heterocycles. The van der Waals surface area contributed by atoms with E-state index in [0.717, 1.165) is 75.1 Å². The average molecular weight is 423 g/mol. The number of aromatic amines is 2. The average Bonchev–Trinajstić information content (AvgIpc) is 3.42. The number of nitrogens with zero attached hydrogens (tertiary/aromatic N) is 2. The third kappa shape index (κ3) is 3.20. The van der Waals surface area contributed by atoms with E-state index in [-0.39, 0.29) is 5.82 Å². The molecule has 32 heavy (non-hydrogen) atoms. The molecule has 0 amide bonds. The van der Waals surface area contributed by atoms with E-state index in [1.54, 1.807) is 12.1 Å². The van der Waals surface area contributed by atoms with Crippen molar-refractivity contribution in [2.45, 2.75) is 13.3 Å². The highest BCUT2D eigenvalue weighted by Gasteiger charge is 2.16. The maximum atomic E-state index is 14.1. The van der Waals surface area contributed by atoms with Crippen molar-refractivity contribution in [3.8, 4) is 22.5 Å². The zero-order valence-corrected chi connectivity index (χ0v) is 17.7. The number of nitrogens with one attached hydrogen (secondary N) is 3. The molecule has 0 saturated carbocycles. The molecular weight excluding hydrogens is 401 g/mol. The monoisotopic (exact) mass is 423 g/mol. The Kier molecular flexibility index (Phi) is 4.40. The molecule has 0 aliphatic carbocycles. The molecule has 1 aliphatic rings. The second-order valence-corrected chi connectivity index (χ2v) is 8.34. The summed E-state index contributed by atoms with van der Waals surface area (Å²) in [4.78, 5) is 8.14. The molecule has 5 aromatic rings. The minimum absolute atomic E-state index is 0.224. The third-order valence-corrected chi connectivity index (χ3v) is 6.11. The molecule has 0 radical (unpaired) electrons. The van der Waals surface area contributed by atoms with Gasteiger partial charge in [0.1, 0.15) is 11.5 Å². The van der Waals surface area contributed by atoms with Gasteiger partial charge < -0.3 is 10.3 Å². The van der Waals surface area contributed by atoms with Crippen molar-refractivity contribution in [2.75, 3.05) is 13.1 Å². The molecule has 3 N–H and O–H groups in total. The van der Waals surface area contributed by atoms with Gasteiger partial charge in [0.05, 0.1) is 23.1 Å². The number of pyridine rings is 1. The lowest BCUT2D eigenvalue weighted by molar-refractivity contribution is 0.627. The van der Waals surface area contributed by atoms with Crippen molar-refractivity contribution >= 4 is 27.4 Å². The van der Waals surface area contributed by atoms with Crippen molar-refractivity contribution in [1.29, 1.82) is 0 Å². The molecule has 0 unspecified atom stereocenters. The topological polar surface area (TPSA) is 69.4 Å². The molecule has 158 valence electrons. The molecule has 1 aliphatic heterocycles. The van der Waals surface area contributed by atoms with Crippen LogP contribution in [0.5, 0.6) is 0 Å². The molecule has 5 nitrogen and oxygen atoms in total. The molecule has 4 heterocycles. The van der Waals surface area contributed by atoms with Crippen molar-refractivity contribution < 1.29 is 4.39 Å². The van der Waals surface area contributed by atoms with Gasteiger partial charge in [0.15, 0.2) is 0 Å². The van der Waals surface area contributed by atoms with Gasteiger partial charge in [-0.05, 0) is 72.5 Å². The van der Waals surface area contributed by atoms with Crippen LogP contribution in [0.25, 0.3) is 49.9 Å². The Labute approximate surface area is 184 Å². The number of halogens is 1.